The number of carbonyl (C=O) groups excluding carboxylic acids is 2. The van der Waals surface area contributed by atoms with Gasteiger partial charge in [-0.05, 0) is 50.1 Å². The molecule has 0 aromatic heterocycles. The number of allylic oxidation sites excluding steroid dienone is 1. The number of anilines is 2. The molecular weight excluding hydrogens is 445 g/mol. The van der Waals surface area contributed by atoms with Crippen molar-refractivity contribution in [2.24, 2.45) is 5.73 Å². The average Bonchev–Trinajstić information content (AvgIpc) is 3.05. The molecule has 0 bridgehead atoms. The Morgan fingerprint density at radius 3 is 2.47 bits per heavy atom. The summed E-state index contributed by atoms with van der Waals surface area (Å²) in [4.78, 5) is 28.4. The van der Waals surface area contributed by atoms with Crippen molar-refractivity contribution in [3.05, 3.63) is 81.8 Å². The van der Waals surface area contributed by atoms with Crippen LogP contribution in [0.2, 0.25) is 0 Å². The number of hydrogen-bond acceptors (Lipinski definition) is 5. The van der Waals surface area contributed by atoms with Crippen LogP contribution in [0.4, 0.5) is 24.5 Å². The molecule has 0 saturated carbocycles. The summed E-state index contributed by atoms with van der Waals surface area (Å²) < 4.78 is 39.3. The predicted molar refractivity (Wildman–Crippen MR) is 118 cm³/mol. The molecule has 3 N–H and O–H groups in total. The first kappa shape index (κ1) is 21.8. The van der Waals surface area contributed by atoms with Crippen LogP contribution in [0.1, 0.15) is 36.0 Å². The molecule has 34 heavy (non-hydrogen) atoms. The molecule has 2 heterocycles. The highest BCUT2D eigenvalue weighted by atomic mass is 19.4. The zero-order valence-corrected chi connectivity index (χ0v) is 18.1. The molecule has 172 valence electrons. The van der Waals surface area contributed by atoms with E-state index >= 15 is 0 Å². The molecule has 5 rings (SSSR count). The number of alkyl halides is 3. The number of fused-ring (bicyclic) bond motifs is 3. The van der Waals surface area contributed by atoms with Gasteiger partial charge in [0.15, 0.2) is 5.78 Å². The van der Waals surface area contributed by atoms with E-state index in [0.29, 0.717) is 29.8 Å². The maximum atomic E-state index is 13.6. The van der Waals surface area contributed by atoms with Gasteiger partial charge in [0.2, 0.25) is 5.91 Å². The van der Waals surface area contributed by atoms with E-state index in [-0.39, 0.29) is 34.9 Å². The summed E-state index contributed by atoms with van der Waals surface area (Å²) in [6.45, 7) is 1.84. The van der Waals surface area contributed by atoms with Gasteiger partial charge in [0.1, 0.15) is 17.3 Å². The first-order valence-corrected chi connectivity index (χ1v) is 10.7. The minimum absolute atomic E-state index is 0.0831. The van der Waals surface area contributed by atoms with Crippen LogP contribution in [0.25, 0.3) is 0 Å². The molecule has 1 amide bonds. The second-order valence-electron chi connectivity index (χ2n) is 8.60. The quantitative estimate of drug-likeness (QED) is 0.651. The number of nitrogens with two attached hydrogens (primary N) is 1. The van der Waals surface area contributed by atoms with Crippen LogP contribution in [-0.4, -0.2) is 11.7 Å². The Kier molecular flexibility index (Phi) is 4.62. The van der Waals surface area contributed by atoms with Crippen molar-refractivity contribution in [3.8, 4) is 6.07 Å². The van der Waals surface area contributed by atoms with Crippen molar-refractivity contribution in [1.29, 1.82) is 5.26 Å². The number of aryl methyl sites for hydroxylation is 1. The maximum Gasteiger partial charge on any atom is 0.416 e. The summed E-state index contributed by atoms with van der Waals surface area (Å²) in [5, 5.41) is 13.0. The SMILES string of the molecule is Cc1ccc2c(c1)[C@@]1(C(=O)N2)C(C#N)=C(N)N(c2ccc(C(F)(F)F)cc2)C2=C1C(=O)CCC2. The number of hydrogen-bond donors (Lipinski definition) is 2. The van der Waals surface area contributed by atoms with Gasteiger partial charge in [0.25, 0.3) is 0 Å². The molecule has 0 fully saturated rings. The van der Waals surface area contributed by atoms with Gasteiger partial charge in [0.05, 0.1) is 11.1 Å². The predicted octanol–water partition coefficient (Wildman–Crippen LogP) is 4.42. The third-order valence-corrected chi connectivity index (χ3v) is 6.63. The summed E-state index contributed by atoms with van der Waals surface area (Å²) in [5.41, 5.74) is 6.50. The molecule has 0 unspecified atom stereocenters. The zero-order valence-electron chi connectivity index (χ0n) is 18.1. The fourth-order valence-corrected chi connectivity index (χ4v) is 5.20. The lowest BCUT2D eigenvalue weighted by molar-refractivity contribution is -0.137. The van der Waals surface area contributed by atoms with Crippen LogP contribution in [0.5, 0.6) is 0 Å². The van der Waals surface area contributed by atoms with Gasteiger partial charge in [-0.2, -0.15) is 18.4 Å². The van der Waals surface area contributed by atoms with E-state index in [1.807, 2.05) is 13.0 Å². The Balaban J connectivity index is 1.81. The first-order valence-electron chi connectivity index (χ1n) is 10.7. The highest BCUT2D eigenvalue weighted by Crippen LogP contribution is 2.55. The lowest BCUT2D eigenvalue weighted by atomic mass is 9.63. The summed E-state index contributed by atoms with van der Waals surface area (Å²) in [5.74, 6) is -0.912. The molecule has 1 aliphatic carbocycles. The summed E-state index contributed by atoms with van der Waals surface area (Å²) in [6, 6.07) is 11.7. The Labute approximate surface area is 193 Å². The van der Waals surface area contributed by atoms with E-state index in [4.69, 9.17) is 5.73 Å². The van der Waals surface area contributed by atoms with E-state index < -0.39 is 23.1 Å². The molecule has 2 aromatic rings. The van der Waals surface area contributed by atoms with Crippen molar-refractivity contribution in [1.82, 2.24) is 0 Å². The topological polar surface area (TPSA) is 99.2 Å². The van der Waals surface area contributed by atoms with Gasteiger partial charge in [-0.25, -0.2) is 0 Å². The van der Waals surface area contributed by atoms with Gasteiger partial charge < -0.3 is 11.1 Å². The number of carbonyl (C=O) groups is 2. The number of nitrogens with one attached hydrogen (secondary N) is 1. The molecule has 1 atom stereocenters. The Hall–Kier alpha value is -4.06. The van der Waals surface area contributed by atoms with Crippen molar-refractivity contribution in [3.63, 3.8) is 0 Å². The van der Waals surface area contributed by atoms with Crippen molar-refractivity contribution < 1.29 is 22.8 Å². The minimum Gasteiger partial charge on any atom is -0.384 e. The average molecular weight is 464 g/mol. The van der Waals surface area contributed by atoms with E-state index in [1.165, 1.54) is 17.0 Å². The van der Waals surface area contributed by atoms with Gasteiger partial charge in [-0.15, -0.1) is 0 Å². The Morgan fingerprint density at radius 1 is 1.12 bits per heavy atom. The summed E-state index contributed by atoms with van der Waals surface area (Å²) in [7, 11) is 0. The molecule has 2 aliphatic heterocycles. The first-order chi connectivity index (χ1) is 16.1. The van der Waals surface area contributed by atoms with Crippen LogP contribution in [0, 0.1) is 18.3 Å². The minimum atomic E-state index is -4.52. The van der Waals surface area contributed by atoms with E-state index in [1.54, 1.807) is 12.1 Å². The maximum absolute atomic E-state index is 13.6. The van der Waals surface area contributed by atoms with Gasteiger partial charge in [-0.1, -0.05) is 17.7 Å². The van der Waals surface area contributed by atoms with E-state index in [9.17, 15) is 28.0 Å². The number of benzene rings is 2. The second kappa shape index (κ2) is 7.22. The number of rotatable bonds is 1. The van der Waals surface area contributed by atoms with Crippen molar-refractivity contribution in [2.75, 3.05) is 10.2 Å². The fourth-order valence-electron chi connectivity index (χ4n) is 5.20. The lowest BCUT2D eigenvalue weighted by Gasteiger charge is -2.43. The van der Waals surface area contributed by atoms with Crippen LogP contribution in [0.15, 0.2) is 65.1 Å². The highest BCUT2D eigenvalue weighted by Gasteiger charge is 2.60. The fraction of sp³-hybridized carbons (Fsp3) is 0.240. The second-order valence-corrected chi connectivity index (χ2v) is 8.60. The molecule has 0 radical (unpaired) electrons. The smallest absolute Gasteiger partial charge is 0.384 e. The van der Waals surface area contributed by atoms with Crippen molar-refractivity contribution >= 4 is 23.1 Å². The highest BCUT2D eigenvalue weighted by molar-refractivity contribution is 6.19. The molecule has 9 heteroatoms. The largest absolute Gasteiger partial charge is 0.416 e. The standard InChI is InChI=1S/C25H19F3N4O2/c1-13-5-10-18-16(11-13)24(23(34)31-18)17(12-29)22(30)32(19-3-2-4-20(33)21(19)24)15-8-6-14(7-9-15)25(26,27)28/h5-11H,2-4,30H2,1H3,(H,31,34)/t24-/m1/s1. The van der Waals surface area contributed by atoms with Gasteiger partial charge in [-0.3, -0.25) is 14.5 Å². The third kappa shape index (κ3) is 2.81. The Bertz CT molecular complexity index is 1370. The van der Waals surface area contributed by atoms with Crippen LogP contribution >= 0.6 is 0 Å². The number of amides is 1. The van der Waals surface area contributed by atoms with Gasteiger partial charge in [0, 0.05) is 34.6 Å². The lowest BCUT2D eigenvalue weighted by Crippen LogP contribution is -2.50. The molecule has 1 spiro atoms. The van der Waals surface area contributed by atoms with Gasteiger partial charge >= 0.3 is 6.18 Å². The number of Topliss-reactive ketones (excluding diaryl/α,β-unsaturated/α-hetero) is 1. The third-order valence-electron chi connectivity index (χ3n) is 6.63. The van der Waals surface area contributed by atoms with Crippen LogP contribution < -0.4 is 16.0 Å². The molecule has 2 aromatic carbocycles. The number of nitrogens with zero attached hydrogens (tertiary/aromatic N) is 2. The van der Waals surface area contributed by atoms with E-state index in [0.717, 1.165) is 17.7 Å². The molecular formula is C25H19F3N4O2. The van der Waals surface area contributed by atoms with Crippen molar-refractivity contribution in [2.45, 2.75) is 37.8 Å². The van der Waals surface area contributed by atoms with Crippen LogP contribution in [-0.2, 0) is 21.2 Å². The molecule has 6 nitrogen and oxygen atoms in total. The number of ketones is 1. The molecule has 3 aliphatic rings. The van der Waals surface area contributed by atoms with E-state index in [2.05, 4.69) is 11.4 Å². The zero-order chi connectivity index (χ0) is 24.4. The summed E-state index contributed by atoms with van der Waals surface area (Å²) in [6.07, 6.45) is -3.47. The molecule has 0 saturated heterocycles. The number of halogens is 3. The number of nitriles is 1. The Morgan fingerprint density at radius 2 is 1.82 bits per heavy atom. The van der Waals surface area contributed by atoms with Crippen LogP contribution in [0.3, 0.4) is 0 Å². The normalized spacial score (nSPS) is 22.0. The summed E-state index contributed by atoms with van der Waals surface area (Å²) >= 11 is 0. The monoisotopic (exact) mass is 464 g/mol.